The van der Waals surface area contributed by atoms with E-state index in [1.54, 1.807) is 6.07 Å². The van der Waals surface area contributed by atoms with Crippen LogP contribution in [0.2, 0.25) is 5.02 Å². The summed E-state index contributed by atoms with van der Waals surface area (Å²) in [7, 11) is -3.03. The van der Waals surface area contributed by atoms with Crippen molar-refractivity contribution < 1.29 is 22.7 Å². The molecule has 1 atom stereocenters. The number of benzene rings is 1. The van der Waals surface area contributed by atoms with Gasteiger partial charge < -0.3 is 10.1 Å². The number of hydrogen-bond acceptors (Lipinski definition) is 5. The van der Waals surface area contributed by atoms with Gasteiger partial charge in [-0.3, -0.25) is 9.59 Å². The first kappa shape index (κ1) is 18.7. The van der Waals surface area contributed by atoms with Gasteiger partial charge in [0.1, 0.15) is 0 Å². The summed E-state index contributed by atoms with van der Waals surface area (Å²) in [4.78, 5) is 23.6. The third-order valence-corrected chi connectivity index (χ3v) is 5.98. The van der Waals surface area contributed by atoms with E-state index < -0.39 is 28.3 Å². The molecule has 0 unspecified atom stereocenters. The molecule has 0 radical (unpaired) electrons. The van der Waals surface area contributed by atoms with Crippen molar-refractivity contribution in [2.75, 3.05) is 23.4 Å². The van der Waals surface area contributed by atoms with E-state index in [0.717, 1.165) is 11.1 Å². The Labute approximate surface area is 146 Å². The molecule has 1 N–H and O–H groups in total. The summed E-state index contributed by atoms with van der Waals surface area (Å²) >= 11 is 6.10. The minimum absolute atomic E-state index is 0.00641. The number of sulfone groups is 1. The largest absolute Gasteiger partial charge is 0.456 e. The van der Waals surface area contributed by atoms with Crippen molar-refractivity contribution in [1.82, 2.24) is 0 Å². The predicted octanol–water partition coefficient (Wildman–Crippen LogP) is 2.26. The standard InChI is InChI=1S/C16H20ClNO5S/c1-10-5-11(2)16(13(17)6-10)18-14(19)8-23-15(20)7-12-3-4-24(21,22)9-12/h5-6,12H,3-4,7-9H2,1-2H3,(H,18,19)/t12-/m0/s1. The van der Waals surface area contributed by atoms with Gasteiger partial charge >= 0.3 is 5.97 Å². The zero-order chi connectivity index (χ0) is 17.9. The molecule has 1 aliphatic heterocycles. The maximum absolute atomic E-state index is 11.9. The molecule has 1 heterocycles. The van der Waals surface area contributed by atoms with Crippen LogP contribution in [0.5, 0.6) is 0 Å². The van der Waals surface area contributed by atoms with E-state index in [9.17, 15) is 18.0 Å². The SMILES string of the molecule is Cc1cc(C)c(NC(=O)COC(=O)C[C@@H]2CCS(=O)(=O)C2)c(Cl)c1. The maximum atomic E-state index is 11.9. The predicted molar refractivity (Wildman–Crippen MR) is 91.9 cm³/mol. The first-order chi connectivity index (χ1) is 11.2. The second-order valence-corrected chi connectivity index (χ2v) is 8.76. The van der Waals surface area contributed by atoms with Crippen molar-refractivity contribution in [2.45, 2.75) is 26.7 Å². The Morgan fingerprint density at radius 1 is 1.33 bits per heavy atom. The number of aryl methyl sites for hydroxylation is 2. The smallest absolute Gasteiger partial charge is 0.306 e. The van der Waals surface area contributed by atoms with Crippen LogP contribution in [0.3, 0.4) is 0 Å². The summed E-state index contributed by atoms with van der Waals surface area (Å²) in [5.74, 6) is -1.17. The molecule has 6 nitrogen and oxygen atoms in total. The monoisotopic (exact) mass is 373 g/mol. The van der Waals surface area contributed by atoms with Gasteiger partial charge in [-0.05, 0) is 43.4 Å². The molecule has 1 saturated heterocycles. The number of esters is 1. The minimum Gasteiger partial charge on any atom is -0.456 e. The number of anilines is 1. The second-order valence-electron chi connectivity index (χ2n) is 6.12. The van der Waals surface area contributed by atoms with Crippen LogP contribution in [0.15, 0.2) is 12.1 Å². The van der Waals surface area contributed by atoms with Crippen LogP contribution >= 0.6 is 11.6 Å². The Hall–Kier alpha value is -1.60. The van der Waals surface area contributed by atoms with Crippen LogP contribution < -0.4 is 5.32 Å². The van der Waals surface area contributed by atoms with Gasteiger partial charge in [-0.1, -0.05) is 17.7 Å². The highest BCUT2D eigenvalue weighted by atomic mass is 35.5. The van der Waals surface area contributed by atoms with Crippen LogP contribution in [0.1, 0.15) is 24.0 Å². The van der Waals surface area contributed by atoms with Crippen molar-refractivity contribution in [2.24, 2.45) is 5.92 Å². The summed E-state index contributed by atoms with van der Waals surface area (Å²) in [6, 6.07) is 3.62. The lowest BCUT2D eigenvalue weighted by Gasteiger charge is -2.12. The van der Waals surface area contributed by atoms with E-state index >= 15 is 0 Å². The van der Waals surface area contributed by atoms with Crippen molar-refractivity contribution >= 4 is 39.0 Å². The molecule has 0 spiro atoms. The van der Waals surface area contributed by atoms with Crippen molar-refractivity contribution in [1.29, 1.82) is 0 Å². The zero-order valence-corrected chi connectivity index (χ0v) is 15.2. The number of nitrogens with one attached hydrogen (secondary N) is 1. The number of amides is 1. The number of carbonyl (C=O) groups excluding carboxylic acids is 2. The molecule has 1 amide bonds. The Morgan fingerprint density at radius 3 is 2.62 bits per heavy atom. The van der Waals surface area contributed by atoms with E-state index in [-0.39, 0.29) is 23.8 Å². The quantitative estimate of drug-likeness (QED) is 0.799. The third-order valence-electron chi connectivity index (χ3n) is 3.84. The topological polar surface area (TPSA) is 89.5 Å². The number of rotatable bonds is 5. The highest BCUT2D eigenvalue weighted by molar-refractivity contribution is 7.91. The van der Waals surface area contributed by atoms with Gasteiger partial charge in [-0.2, -0.15) is 0 Å². The molecule has 24 heavy (non-hydrogen) atoms. The lowest BCUT2D eigenvalue weighted by Crippen LogP contribution is -2.22. The van der Waals surface area contributed by atoms with Gasteiger partial charge in [-0.15, -0.1) is 0 Å². The Morgan fingerprint density at radius 2 is 2.04 bits per heavy atom. The van der Waals surface area contributed by atoms with E-state index in [2.05, 4.69) is 5.32 Å². The Kier molecular flexibility index (Phi) is 5.87. The molecule has 2 rings (SSSR count). The normalized spacial score (nSPS) is 19.0. The highest BCUT2D eigenvalue weighted by Gasteiger charge is 2.30. The molecule has 1 aromatic carbocycles. The second kappa shape index (κ2) is 7.53. The van der Waals surface area contributed by atoms with Crippen molar-refractivity contribution in [3.63, 3.8) is 0 Å². The van der Waals surface area contributed by atoms with E-state index in [1.807, 2.05) is 19.9 Å². The Bertz CT molecular complexity index is 737. The molecule has 1 fully saturated rings. The lowest BCUT2D eigenvalue weighted by molar-refractivity contribution is -0.148. The summed E-state index contributed by atoms with van der Waals surface area (Å²) < 4.78 is 27.6. The molecule has 132 valence electrons. The third kappa shape index (κ3) is 5.21. The number of hydrogen-bond donors (Lipinski definition) is 1. The lowest BCUT2D eigenvalue weighted by atomic mass is 10.1. The average Bonchev–Trinajstić information content (AvgIpc) is 2.79. The highest BCUT2D eigenvalue weighted by Crippen LogP contribution is 2.27. The van der Waals surface area contributed by atoms with Crippen molar-refractivity contribution in [3.8, 4) is 0 Å². The molecule has 0 saturated carbocycles. The summed E-state index contributed by atoms with van der Waals surface area (Å²) in [6.45, 7) is 3.29. The molecule has 8 heteroatoms. The van der Waals surface area contributed by atoms with E-state index in [1.165, 1.54) is 0 Å². The van der Waals surface area contributed by atoms with E-state index in [0.29, 0.717) is 17.1 Å². The molecule has 1 aromatic rings. The van der Waals surface area contributed by atoms with Crippen molar-refractivity contribution in [3.05, 3.63) is 28.3 Å². The van der Waals surface area contributed by atoms with Gasteiger partial charge in [0.05, 0.1) is 22.2 Å². The van der Waals surface area contributed by atoms with E-state index in [4.69, 9.17) is 16.3 Å². The van der Waals surface area contributed by atoms with Gasteiger partial charge in [0.15, 0.2) is 16.4 Å². The molecule has 0 bridgehead atoms. The van der Waals surface area contributed by atoms with Crippen LogP contribution in [0.25, 0.3) is 0 Å². The average molecular weight is 374 g/mol. The Balaban J connectivity index is 1.82. The van der Waals surface area contributed by atoms with Gasteiger partial charge in [-0.25, -0.2) is 8.42 Å². The molecule has 1 aliphatic rings. The zero-order valence-electron chi connectivity index (χ0n) is 13.6. The minimum atomic E-state index is -3.03. The first-order valence-corrected chi connectivity index (χ1v) is 9.79. The molecule has 0 aliphatic carbocycles. The first-order valence-electron chi connectivity index (χ1n) is 7.59. The maximum Gasteiger partial charge on any atom is 0.306 e. The van der Waals surface area contributed by atoms with Crippen LogP contribution in [-0.4, -0.2) is 38.4 Å². The van der Waals surface area contributed by atoms with Gasteiger partial charge in [0.25, 0.3) is 5.91 Å². The summed E-state index contributed by atoms with van der Waals surface area (Å²) in [5, 5.41) is 3.04. The fourth-order valence-corrected chi connectivity index (χ4v) is 4.95. The number of halogens is 1. The summed E-state index contributed by atoms with van der Waals surface area (Å²) in [5.41, 5.74) is 2.29. The molecular weight excluding hydrogens is 354 g/mol. The number of ether oxygens (including phenoxy) is 1. The van der Waals surface area contributed by atoms with Gasteiger partial charge in [0, 0.05) is 6.42 Å². The summed E-state index contributed by atoms with van der Waals surface area (Å²) in [6.07, 6.45) is 0.471. The van der Waals surface area contributed by atoms with Crippen LogP contribution in [0, 0.1) is 19.8 Å². The number of carbonyl (C=O) groups is 2. The fraction of sp³-hybridized carbons (Fsp3) is 0.500. The van der Waals surface area contributed by atoms with Crippen LogP contribution in [-0.2, 0) is 24.2 Å². The van der Waals surface area contributed by atoms with Crippen LogP contribution in [0.4, 0.5) is 5.69 Å². The fourth-order valence-electron chi connectivity index (χ4n) is 2.72. The molecule has 0 aromatic heterocycles. The van der Waals surface area contributed by atoms with Gasteiger partial charge in [0.2, 0.25) is 0 Å². The molecular formula is C16H20ClNO5S.